The molecular formula is C21H12N4. The van der Waals surface area contributed by atoms with Gasteiger partial charge in [0.2, 0.25) is 0 Å². The van der Waals surface area contributed by atoms with Crippen LogP contribution in [-0.4, -0.2) is 0 Å². The van der Waals surface area contributed by atoms with Crippen molar-refractivity contribution in [1.82, 2.24) is 0 Å². The van der Waals surface area contributed by atoms with E-state index in [1.807, 2.05) is 48.5 Å². The van der Waals surface area contributed by atoms with Crippen molar-refractivity contribution >= 4 is 21.9 Å². The Hall–Kier alpha value is -3.60. The minimum absolute atomic E-state index is 0.113. The van der Waals surface area contributed by atoms with E-state index in [0.29, 0.717) is 22.3 Å². The zero-order valence-corrected chi connectivity index (χ0v) is 13.4. The molecule has 0 radical (unpaired) electrons. The zero-order valence-electron chi connectivity index (χ0n) is 13.4. The van der Waals surface area contributed by atoms with Crippen molar-refractivity contribution < 1.29 is 0 Å². The summed E-state index contributed by atoms with van der Waals surface area (Å²) in [6.07, 6.45) is 3.03. The molecule has 0 aromatic heterocycles. The number of benzene rings is 2. The summed E-state index contributed by atoms with van der Waals surface area (Å²) in [6.45, 7) is 0. The molecule has 2 bridgehead atoms. The number of nitriles is 4. The Morgan fingerprint density at radius 3 is 1.48 bits per heavy atom. The molecule has 4 nitrogen and oxygen atoms in total. The monoisotopic (exact) mass is 320 g/mol. The smallest absolute Gasteiger partial charge is 0.137 e. The van der Waals surface area contributed by atoms with Crippen molar-refractivity contribution in [3.63, 3.8) is 0 Å². The molecule has 2 aromatic rings. The van der Waals surface area contributed by atoms with E-state index in [0.717, 1.165) is 41.2 Å². The molecule has 0 aliphatic heterocycles. The molecule has 116 valence electrons. The molecule has 4 rings (SSSR count). The van der Waals surface area contributed by atoms with Crippen LogP contribution < -0.4 is 10.4 Å². The number of nitrogens with zero attached hydrogens (tertiary/aromatic N) is 4. The Kier molecular flexibility index (Phi) is 3.28. The largest absolute Gasteiger partial charge is 0.192 e. The minimum atomic E-state index is 0.113. The molecule has 0 amide bonds. The molecule has 2 unspecified atom stereocenters. The lowest BCUT2D eigenvalue weighted by molar-refractivity contribution is 0.712. The van der Waals surface area contributed by atoms with Crippen LogP contribution in [-0.2, 0) is 0 Å². The Balaban J connectivity index is 2.44. The summed E-state index contributed by atoms with van der Waals surface area (Å²) >= 11 is 0. The number of rotatable bonds is 0. The van der Waals surface area contributed by atoms with Gasteiger partial charge < -0.3 is 0 Å². The fourth-order valence-corrected chi connectivity index (χ4v) is 4.64. The Labute approximate surface area is 144 Å². The van der Waals surface area contributed by atoms with E-state index in [4.69, 9.17) is 0 Å². The van der Waals surface area contributed by atoms with Gasteiger partial charge in [-0.2, -0.15) is 21.0 Å². The molecule has 25 heavy (non-hydrogen) atoms. The highest BCUT2D eigenvalue weighted by Crippen LogP contribution is 2.51. The fraction of sp³-hybridized carbons (Fsp3) is 0.238. The van der Waals surface area contributed by atoms with Crippen LogP contribution in [0.2, 0.25) is 0 Å². The van der Waals surface area contributed by atoms with Crippen molar-refractivity contribution in [3.8, 4) is 24.3 Å². The Bertz CT molecular complexity index is 1090. The molecular weight excluding hydrogens is 308 g/mol. The first-order valence-electron chi connectivity index (χ1n) is 8.18. The van der Waals surface area contributed by atoms with E-state index in [9.17, 15) is 21.0 Å². The molecule has 0 saturated heterocycles. The molecule has 1 fully saturated rings. The molecule has 1 saturated carbocycles. The Morgan fingerprint density at radius 2 is 1.12 bits per heavy atom. The summed E-state index contributed by atoms with van der Waals surface area (Å²) in [5.74, 6) is 0.599. The van der Waals surface area contributed by atoms with Crippen LogP contribution in [0.1, 0.15) is 42.2 Å². The lowest BCUT2D eigenvalue weighted by atomic mass is 9.83. The summed E-state index contributed by atoms with van der Waals surface area (Å²) < 4.78 is 0. The first kappa shape index (κ1) is 15.0. The third kappa shape index (κ3) is 1.89. The maximum Gasteiger partial charge on any atom is 0.137 e. The lowest BCUT2D eigenvalue weighted by Crippen LogP contribution is -2.27. The molecule has 0 spiro atoms. The van der Waals surface area contributed by atoms with Gasteiger partial charge in [0, 0.05) is 10.4 Å². The van der Waals surface area contributed by atoms with Crippen LogP contribution in [0.5, 0.6) is 0 Å². The van der Waals surface area contributed by atoms with Crippen LogP contribution in [0.25, 0.3) is 21.9 Å². The second kappa shape index (κ2) is 5.49. The van der Waals surface area contributed by atoms with E-state index in [1.54, 1.807) is 0 Å². The standard InChI is InChI=1S/C21H12N4/c22-8-14(9-23)18-16-3-1-2-4-17(16)19(15(10-24)11-25)21-13-6-5-12(7-13)20(18)21/h1-4,12-13H,5-7H2. The van der Waals surface area contributed by atoms with Crippen LogP contribution in [0.4, 0.5) is 0 Å². The molecule has 0 N–H and O–H groups in total. The van der Waals surface area contributed by atoms with Crippen LogP contribution in [0.15, 0.2) is 24.3 Å². The molecule has 0 heterocycles. The van der Waals surface area contributed by atoms with Gasteiger partial charge in [0.1, 0.15) is 35.4 Å². The van der Waals surface area contributed by atoms with E-state index in [1.165, 1.54) is 0 Å². The van der Waals surface area contributed by atoms with Crippen LogP contribution in [0.3, 0.4) is 0 Å². The molecule has 2 atom stereocenters. The van der Waals surface area contributed by atoms with Gasteiger partial charge in [-0.05, 0) is 53.0 Å². The van der Waals surface area contributed by atoms with Crippen molar-refractivity contribution in [3.05, 3.63) is 45.8 Å². The van der Waals surface area contributed by atoms with Gasteiger partial charge >= 0.3 is 0 Å². The van der Waals surface area contributed by atoms with Gasteiger partial charge in [-0.15, -0.1) is 0 Å². The minimum Gasteiger partial charge on any atom is -0.192 e. The summed E-state index contributed by atoms with van der Waals surface area (Å²) in [4.78, 5) is 0. The molecule has 2 aliphatic carbocycles. The summed E-state index contributed by atoms with van der Waals surface area (Å²) in [7, 11) is 0. The van der Waals surface area contributed by atoms with Crippen LogP contribution >= 0.6 is 0 Å². The highest BCUT2D eigenvalue weighted by molar-refractivity contribution is 5.95. The third-order valence-corrected chi connectivity index (χ3v) is 5.49. The van der Waals surface area contributed by atoms with Gasteiger partial charge in [0.25, 0.3) is 0 Å². The third-order valence-electron chi connectivity index (χ3n) is 5.49. The van der Waals surface area contributed by atoms with E-state index in [2.05, 4.69) is 0 Å². The summed E-state index contributed by atoms with van der Waals surface area (Å²) in [6, 6.07) is 15.7. The van der Waals surface area contributed by atoms with Crippen molar-refractivity contribution in [2.45, 2.75) is 31.1 Å². The number of hydrogen-bond acceptors (Lipinski definition) is 4. The quantitative estimate of drug-likeness (QED) is 0.745. The maximum atomic E-state index is 9.49. The highest BCUT2D eigenvalue weighted by Gasteiger charge is 2.40. The Morgan fingerprint density at radius 1 is 0.720 bits per heavy atom. The second-order valence-electron chi connectivity index (χ2n) is 6.53. The normalized spacial score (nSPS) is 19.4. The van der Waals surface area contributed by atoms with Crippen LogP contribution in [0, 0.1) is 45.3 Å². The topological polar surface area (TPSA) is 95.2 Å². The molecule has 4 heteroatoms. The van der Waals surface area contributed by atoms with Gasteiger partial charge in [-0.1, -0.05) is 24.3 Å². The number of hydrogen-bond donors (Lipinski definition) is 0. The van der Waals surface area contributed by atoms with Gasteiger partial charge in [-0.25, -0.2) is 0 Å². The first-order valence-corrected chi connectivity index (χ1v) is 8.18. The van der Waals surface area contributed by atoms with Gasteiger partial charge in [-0.3, -0.25) is 0 Å². The lowest BCUT2D eigenvalue weighted by Gasteiger charge is -2.19. The van der Waals surface area contributed by atoms with Crippen molar-refractivity contribution in [2.75, 3.05) is 0 Å². The van der Waals surface area contributed by atoms with Gasteiger partial charge in [0.15, 0.2) is 0 Å². The number of fused-ring (bicyclic) bond motifs is 6. The molecule has 2 aromatic carbocycles. The predicted octanol–water partition coefficient (Wildman–Crippen LogP) is 2.60. The first-order chi connectivity index (χ1) is 12.2. The summed E-state index contributed by atoms with van der Waals surface area (Å²) in [5, 5.41) is 41.0. The predicted molar refractivity (Wildman–Crippen MR) is 91.8 cm³/mol. The highest BCUT2D eigenvalue weighted by atomic mass is 14.4. The maximum absolute atomic E-state index is 9.49. The average Bonchev–Trinajstić information content (AvgIpc) is 3.26. The fourth-order valence-electron chi connectivity index (χ4n) is 4.64. The van der Waals surface area contributed by atoms with Crippen molar-refractivity contribution in [1.29, 1.82) is 21.0 Å². The summed E-state index contributed by atoms with van der Waals surface area (Å²) in [5.41, 5.74) is 2.26. The van der Waals surface area contributed by atoms with E-state index < -0.39 is 0 Å². The average molecular weight is 320 g/mol. The zero-order chi connectivity index (χ0) is 17.6. The van der Waals surface area contributed by atoms with E-state index >= 15 is 0 Å². The SMILES string of the molecule is N#CC(C#N)=c1c2c(c(=C(C#N)C#N)c3ccccc13)C1CCC2C1. The van der Waals surface area contributed by atoms with Crippen molar-refractivity contribution in [2.24, 2.45) is 0 Å². The van der Waals surface area contributed by atoms with Gasteiger partial charge in [0.05, 0.1) is 0 Å². The van der Waals surface area contributed by atoms with E-state index in [-0.39, 0.29) is 11.1 Å². The second-order valence-corrected chi connectivity index (χ2v) is 6.53. The molecule has 2 aliphatic rings.